The molecule has 0 N–H and O–H groups in total. The molecule has 5 nitrogen and oxygen atoms in total. The van der Waals surface area contributed by atoms with Gasteiger partial charge in [0.2, 0.25) is 0 Å². The number of esters is 1. The van der Waals surface area contributed by atoms with E-state index in [9.17, 15) is 4.79 Å². The van der Waals surface area contributed by atoms with Gasteiger partial charge in [0.25, 0.3) is 0 Å². The van der Waals surface area contributed by atoms with E-state index in [1.54, 1.807) is 14.0 Å². The SMILES string of the molecule is COCCCOCCOC(C)C(=O)OC(C)(C)C. The summed E-state index contributed by atoms with van der Waals surface area (Å²) in [5.74, 6) is -0.345. The molecular formula is C13H26O5. The van der Waals surface area contributed by atoms with Gasteiger partial charge in [-0.15, -0.1) is 0 Å². The zero-order valence-corrected chi connectivity index (χ0v) is 12.2. The maximum Gasteiger partial charge on any atom is 0.335 e. The van der Waals surface area contributed by atoms with Crippen molar-refractivity contribution in [2.24, 2.45) is 0 Å². The van der Waals surface area contributed by atoms with E-state index in [0.717, 1.165) is 6.42 Å². The molecule has 0 amide bonds. The molecule has 108 valence electrons. The summed E-state index contributed by atoms with van der Waals surface area (Å²) in [6, 6.07) is 0. The van der Waals surface area contributed by atoms with Crippen molar-refractivity contribution >= 4 is 5.97 Å². The van der Waals surface area contributed by atoms with Crippen LogP contribution in [0, 0.1) is 0 Å². The van der Waals surface area contributed by atoms with Gasteiger partial charge in [-0.1, -0.05) is 0 Å². The maximum atomic E-state index is 11.6. The highest BCUT2D eigenvalue weighted by molar-refractivity contribution is 5.74. The molecule has 0 fully saturated rings. The highest BCUT2D eigenvalue weighted by Gasteiger charge is 2.21. The second-order valence-corrected chi connectivity index (χ2v) is 5.01. The average Bonchev–Trinajstić information content (AvgIpc) is 2.25. The molecule has 0 radical (unpaired) electrons. The predicted molar refractivity (Wildman–Crippen MR) is 68.6 cm³/mol. The monoisotopic (exact) mass is 262 g/mol. The zero-order chi connectivity index (χ0) is 14.0. The van der Waals surface area contributed by atoms with Crippen molar-refractivity contribution in [3.8, 4) is 0 Å². The Hall–Kier alpha value is -0.650. The summed E-state index contributed by atoms with van der Waals surface area (Å²) in [6.07, 6.45) is 0.296. The Morgan fingerprint density at radius 2 is 1.78 bits per heavy atom. The molecule has 0 aliphatic carbocycles. The van der Waals surface area contributed by atoms with Gasteiger partial charge >= 0.3 is 5.97 Å². The lowest BCUT2D eigenvalue weighted by Gasteiger charge is -2.22. The summed E-state index contributed by atoms with van der Waals surface area (Å²) in [5.41, 5.74) is -0.481. The standard InChI is InChI=1S/C13H26O5/c1-11(12(14)18-13(2,3)4)17-10-9-16-8-6-7-15-5/h11H,6-10H2,1-5H3. The Kier molecular flexibility index (Phi) is 8.97. The second-order valence-electron chi connectivity index (χ2n) is 5.01. The van der Waals surface area contributed by atoms with Gasteiger partial charge in [-0.2, -0.15) is 0 Å². The molecule has 0 heterocycles. The smallest absolute Gasteiger partial charge is 0.335 e. The van der Waals surface area contributed by atoms with E-state index in [1.165, 1.54) is 0 Å². The molecule has 18 heavy (non-hydrogen) atoms. The van der Waals surface area contributed by atoms with Gasteiger partial charge in [0.1, 0.15) is 5.60 Å². The number of ether oxygens (including phenoxy) is 4. The Balaban J connectivity index is 3.52. The Bertz CT molecular complexity index is 222. The van der Waals surface area contributed by atoms with Crippen molar-refractivity contribution in [3.05, 3.63) is 0 Å². The van der Waals surface area contributed by atoms with E-state index in [4.69, 9.17) is 18.9 Å². The largest absolute Gasteiger partial charge is 0.458 e. The van der Waals surface area contributed by atoms with E-state index in [-0.39, 0.29) is 5.97 Å². The van der Waals surface area contributed by atoms with Crippen LogP contribution in [-0.2, 0) is 23.7 Å². The summed E-state index contributed by atoms with van der Waals surface area (Å²) in [7, 11) is 1.66. The van der Waals surface area contributed by atoms with Crippen LogP contribution < -0.4 is 0 Å². The molecule has 0 rings (SSSR count). The lowest BCUT2D eigenvalue weighted by Crippen LogP contribution is -2.32. The number of carbonyl (C=O) groups excluding carboxylic acids is 1. The fourth-order valence-corrected chi connectivity index (χ4v) is 1.14. The number of methoxy groups -OCH3 is 1. The van der Waals surface area contributed by atoms with Gasteiger partial charge in [-0.05, 0) is 34.1 Å². The highest BCUT2D eigenvalue weighted by atomic mass is 16.6. The number of hydrogen-bond donors (Lipinski definition) is 0. The van der Waals surface area contributed by atoms with E-state index in [1.807, 2.05) is 20.8 Å². The van der Waals surface area contributed by atoms with Gasteiger partial charge in [0.15, 0.2) is 6.10 Å². The van der Waals surface area contributed by atoms with Crippen molar-refractivity contribution < 1.29 is 23.7 Å². The van der Waals surface area contributed by atoms with Crippen molar-refractivity contribution in [1.29, 1.82) is 0 Å². The molecule has 0 bridgehead atoms. The van der Waals surface area contributed by atoms with Crippen molar-refractivity contribution in [2.45, 2.75) is 45.8 Å². The van der Waals surface area contributed by atoms with Crippen molar-refractivity contribution in [2.75, 3.05) is 33.5 Å². The molecule has 0 aliphatic rings. The van der Waals surface area contributed by atoms with Crippen LogP contribution in [0.25, 0.3) is 0 Å². The van der Waals surface area contributed by atoms with E-state index in [0.29, 0.717) is 26.4 Å². The van der Waals surface area contributed by atoms with Crippen LogP contribution in [0.2, 0.25) is 0 Å². The Morgan fingerprint density at radius 3 is 2.33 bits per heavy atom. The summed E-state index contributed by atoms with van der Waals surface area (Å²) in [4.78, 5) is 11.6. The minimum atomic E-state index is -0.563. The molecule has 0 spiro atoms. The van der Waals surface area contributed by atoms with Gasteiger partial charge in [-0.25, -0.2) is 4.79 Å². The highest BCUT2D eigenvalue weighted by Crippen LogP contribution is 2.09. The quantitative estimate of drug-likeness (QED) is 0.468. The van der Waals surface area contributed by atoms with E-state index >= 15 is 0 Å². The van der Waals surface area contributed by atoms with E-state index < -0.39 is 11.7 Å². The molecule has 1 atom stereocenters. The third-order valence-electron chi connectivity index (χ3n) is 1.97. The minimum Gasteiger partial charge on any atom is -0.458 e. The number of rotatable bonds is 9. The topological polar surface area (TPSA) is 54.0 Å². The fourth-order valence-electron chi connectivity index (χ4n) is 1.14. The van der Waals surface area contributed by atoms with Gasteiger partial charge < -0.3 is 18.9 Å². The molecule has 0 aromatic carbocycles. The second kappa shape index (κ2) is 9.30. The first-order chi connectivity index (χ1) is 8.37. The van der Waals surface area contributed by atoms with Gasteiger partial charge in [0.05, 0.1) is 13.2 Å². The lowest BCUT2D eigenvalue weighted by atomic mass is 10.2. The Morgan fingerprint density at radius 1 is 1.11 bits per heavy atom. The van der Waals surface area contributed by atoms with Crippen LogP contribution in [-0.4, -0.2) is 51.2 Å². The van der Waals surface area contributed by atoms with Crippen LogP contribution in [0.3, 0.4) is 0 Å². The molecule has 1 unspecified atom stereocenters. The van der Waals surface area contributed by atoms with Crippen LogP contribution in [0.5, 0.6) is 0 Å². The normalized spacial score (nSPS) is 13.4. The summed E-state index contributed by atoms with van der Waals surface area (Å²) in [5, 5.41) is 0. The molecule has 0 saturated carbocycles. The average molecular weight is 262 g/mol. The lowest BCUT2D eigenvalue weighted by molar-refractivity contribution is -0.168. The minimum absolute atomic E-state index is 0.345. The molecule has 0 aliphatic heterocycles. The van der Waals surface area contributed by atoms with E-state index in [2.05, 4.69) is 0 Å². The summed E-state index contributed by atoms with van der Waals surface area (Å²) in [6.45, 7) is 9.35. The summed E-state index contributed by atoms with van der Waals surface area (Å²) >= 11 is 0. The molecule has 0 aromatic heterocycles. The van der Waals surface area contributed by atoms with Gasteiger partial charge in [-0.3, -0.25) is 0 Å². The third-order valence-corrected chi connectivity index (χ3v) is 1.97. The van der Waals surface area contributed by atoms with Crippen molar-refractivity contribution in [1.82, 2.24) is 0 Å². The molecule has 0 saturated heterocycles. The maximum absolute atomic E-state index is 11.6. The first-order valence-corrected chi connectivity index (χ1v) is 6.28. The first kappa shape index (κ1) is 17.4. The number of hydrogen-bond acceptors (Lipinski definition) is 5. The van der Waals surface area contributed by atoms with Gasteiger partial charge in [0, 0.05) is 20.3 Å². The Labute approximate surface area is 110 Å². The number of carbonyl (C=O) groups is 1. The molecule has 5 heteroatoms. The predicted octanol–water partition coefficient (Wildman–Crippen LogP) is 1.79. The van der Waals surface area contributed by atoms with Crippen LogP contribution in [0.15, 0.2) is 0 Å². The third kappa shape index (κ3) is 10.5. The van der Waals surface area contributed by atoms with Crippen LogP contribution in [0.1, 0.15) is 34.1 Å². The van der Waals surface area contributed by atoms with Crippen molar-refractivity contribution in [3.63, 3.8) is 0 Å². The zero-order valence-electron chi connectivity index (χ0n) is 12.2. The fraction of sp³-hybridized carbons (Fsp3) is 0.923. The molecular weight excluding hydrogens is 236 g/mol. The first-order valence-electron chi connectivity index (χ1n) is 6.28. The van der Waals surface area contributed by atoms with Crippen LogP contribution >= 0.6 is 0 Å². The van der Waals surface area contributed by atoms with Crippen LogP contribution in [0.4, 0.5) is 0 Å². The summed E-state index contributed by atoms with van der Waals surface area (Å²) < 4.78 is 20.7. The molecule has 0 aromatic rings.